The van der Waals surface area contributed by atoms with Crippen molar-refractivity contribution in [2.75, 3.05) is 7.11 Å². The molecule has 13 heavy (non-hydrogen) atoms. The molecule has 0 fully saturated rings. The van der Waals surface area contributed by atoms with Crippen LogP contribution in [0.4, 0.5) is 4.39 Å². The van der Waals surface area contributed by atoms with Crippen molar-refractivity contribution in [3.05, 3.63) is 29.6 Å². The van der Waals surface area contributed by atoms with Crippen LogP contribution in [-0.4, -0.2) is 13.6 Å². The van der Waals surface area contributed by atoms with Gasteiger partial charge in [0, 0.05) is 19.9 Å². The topological polar surface area (TPSA) is 29.5 Å². The second-order valence-electron chi connectivity index (χ2n) is 2.53. The molecule has 0 atom stereocenters. The van der Waals surface area contributed by atoms with Crippen LogP contribution in [0.25, 0.3) is 0 Å². The normalized spacial score (nSPS) is 21.2. The highest BCUT2D eigenvalue weighted by Gasteiger charge is 2.20. The lowest BCUT2D eigenvalue weighted by molar-refractivity contribution is 0.0745. The van der Waals surface area contributed by atoms with Crippen molar-refractivity contribution in [1.82, 2.24) is 0 Å². The van der Waals surface area contributed by atoms with E-state index in [4.69, 9.17) is 14.4 Å². The Kier molecular flexibility index (Phi) is 1.02. The third-order valence-corrected chi connectivity index (χ3v) is 1.56. The zero-order chi connectivity index (χ0) is 15.8. The second kappa shape index (κ2) is 3.34. The molecule has 0 unspecified atom stereocenters. The average Bonchev–Trinajstić information content (AvgIpc) is 2.28. The minimum absolute atomic E-state index is 0.0845. The van der Waals surface area contributed by atoms with Gasteiger partial charge in [-0.15, -0.1) is 0 Å². The van der Waals surface area contributed by atoms with E-state index in [2.05, 4.69) is 5.11 Å². The number of rotatable bonds is 3. The maximum atomic E-state index is 14.0. The fraction of sp³-hybridized carbons (Fsp3) is 0.400. The summed E-state index contributed by atoms with van der Waals surface area (Å²) in [6.07, 6.45) is 0. The number of benzene rings is 1. The molecular formula is C10H13FO2. The van der Waals surface area contributed by atoms with Gasteiger partial charge in [-0.25, -0.2) is 4.39 Å². The Labute approximate surface area is 86.9 Å². The summed E-state index contributed by atoms with van der Waals surface area (Å²) in [5.74, 6) is -1.05. The fourth-order valence-corrected chi connectivity index (χ4v) is 0.908. The molecule has 1 N–H and O–H groups in total. The Morgan fingerprint density at radius 2 is 2.38 bits per heavy atom. The molecule has 0 aliphatic rings. The largest absolute Gasteiger partial charge is 0.497 e. The number of halogens is 1. The predicted molar refractivity (Wildman–Crippen MR) is 48.2 cm³/mol. The monoisotopic (exact) mass is 193 g/mol. The van der Waals surface area contributed by atoms with E-state index in [1.165, 1.54) is 13.2 Å². The van der Waals surface area contributed by atoms with E-state index < -0.39 is 30.7 Å². The quantitative estimate of drug-likeness (QED) is 0.744. The molecule has 3 heteroatoms. The Balaban J connectivity index is 3.62. The molecule has 1 aromatic rings. The van der Waals surface area contributed by atoms with Crippen LogP contribution < -0.4 is 4.74 Å². The lowest BCUT2D eigenvalue weighted by Gasteiger charge is -2.18. The molecule has 72 valence electrons. The molecule has 0 amide bonds. The van der Waals surface area contributed by atoms with Gasteiger partial charge in [0.05, 0.1) is 12.7 Å². The number of hydrogen-bond acceptors (Lipinski definition) is 2. The molecule has 0 heterocycles. The average molecular weight is 193 g/mol. The van der Waals surface area contributed by atoms with Crippen molar-refractivity contribution in [3.8, 4) is 5.75 Å². The smallest absolute Gasteiger partial charge is 0.211 e. The SMILES string of the molecule is [2H]OC(c1ccc(OC)cc1F)([13C]([2H])([2H])[2H])[13C]([2H])([2H])[2H]. The standard InChI is InChI=1S/C10H13FO2/c1-10(2,12)8-5-4-7(13-3)6-9(8)11/h4-6,12H,1-3H3/i1+1D3,2+1D3,12D. The molecular weight excluding hydrogens is 173 g/mol. The first-order chi connectivity index (χ1) is 9.01. The summed E-state index contributed by atoms with van der Waals surface area (Å²) < 4.78 is 69.9. The van der Waals surface area contributed by atoms with Crippen LogP contribution in [0.3, 0.4) is 0 Å². The summed E-state index contributed by atoms with van der Waals surface area (Å²) >= 11 is 0. The van der Waals surface area contributed by atoms with Gasteiger partial charge in [-0.3, -0.25) is 0 Å². The van der Waals surface area contributed by atoms with E-state index in [0.717, 1.165) is 12.1 Å². The highest BCUT2D eigenvalue weighted by Crippen LogP contribution is 2.25. The Morgan fingerprint density at radius 1 is 1.62 bits per heavy atom. The van der Waals surface area contributed by atoms with Gasteiger partial charge < -0.3 is 9.85 Å². The van der Waals surface area contributed by atoms with Crippen LogP contribution in [0.1, 0.15) is 27.5 Å². The van der Waals surface area contributed by atoms with Crippen molar-refractivity contribution < 1.29 is 22.5 Å². The van der Waals surface area contributed by atoms with Gasteiger partial charge in [-0.1, -0.05) is 0 Å². The number of hydrogen-bond donors (Lipinski definition) is 1. The molecule has 2 nitrogen and oxygen atoms in total. The first-order valence-electron chi connectivity index (χ1n) is 6.90. The van der Waals surface area contributed by atoms with Gasteiger partial charge in [0.15, 0.2) is 0 Å². The van der Waals surface area contributed by atoms with Gasteiger partial charge >= 0.3 is 0 Å². The lowest BCUT2D eigenvalue weighted by Crippen LogP contribution is -2.17. The first kappa shape index (κ1) is 3.96. The van der Waals surface area contributed by atoms with E-state index in [-0.39, 0.29) is 5.75 Å². The van der Waals surface area contributed by atoms with E-state index >= 15 is 0 Å². The van der Waals surface area contributed by atoms with Crippen molar-refractivity contribution in [2.45, 2.75) is 19.3 Å². The zero-order valence-electron chi connectivity index (χ0n) is 13.9. The minimum atomic E-state index is -3.27. The summed E-state index contributed by atoms with van der Waals surface area (Å²) in [6.45, 7) is -6.54. The molecule has 0 saturated heterocycles. The van der Waals surface area contributed by atoms with E-state index in [9.17, 15) is 4.39 Å². The third kappa shape index (κ3) is 2.18. The molecule has 0 aromatic heterocycles. The molecule has 0 radical (unpaired) electrons. The molecule has 0 bridgehead atoms. The molecule has 0 spiro atoms. The summed E-state index contributed by atoms with van der Waals surface area (Å²) in [6, 6.07) is 2.96. The van der Waals surface area contributed by atoms with Crippen LogP contribution in [0.5, 0.6) is 5.75 Å². The predicted octanol–water partition coefficient (Wildman–Crippen LogP) is 2.06. The second-order valence-corrected chi connectivity index (χ2v) is 2.53. The van der Waals surface area contributed by atoms with E-state index in [1.54, 1.807) is 0 Å². The van der Waals surface area contributed by atoms with Gasteiger partial charge in [0.2, 0.25) is 1.43 Å². The lowest BCUT2D eigenvalue weighted by atomic mass is 10.1. The van der Waals surface area contributed by atoms with Gasteiger partial charge in [-0.05, 0) is 25.8 Å². The van der Waals surface area contributed by atoms with Crippen LogP contribution >= 0.6 is 0 Å². The van der Waals surface area contributed by atoms with Crippen molar-refractivity contribution >= 4 is 0 Å². The summed E-state index contributed by atoms with van der Waals surface area (Å²) in [5.41, 5.74) is -3.82. The van der Waals surface area contributed by atoms with E-state index in [0.29, 0.717) is 0 Å². The van der Waals surface area contributed by atoms with Crippen LogP contribution in [0, 0.1) is 5.82 Å². The van der Waals surface area contributed by atoms with Crippen molar-refractivity contribution in [1.29, 1.82) is 1.43 Å². The van der Waals surface area contributed by atoms with Gasteiger partial charge in [-0.2, -0.15) is 0 Å². The third-order valence-electron chi connectivity index (χ3n) is 1.56. The van der Waals surface area contributed by atoms with Crippen LogP contribution in [-0.2, 0) is 5.60 Å². The van der Waals surface area contributed by atoms with Gasteiger partial charge in [0.1, 0.15) is 11.6 Å². The Bertz CT molecular complexity index is 469. The van der Waals surface area contributed by atoms with Crippen LogP contribution in [0.2, 0.25) is 0 Å². The number of methoxy groups -OCH3 is 1. The fourth-order valence-electron chi connectivity index (χ4n) is 0.908. The molecule has 0 saturated carbocycles. The maximum absolute atomic E-state index is 14.0. The van der Waals surface area contributed by atoms with Crippen LogP contribution in [0.15, 0.2) is 18.2 Å². The summed E-state index contributed by atoms with van der Waals surface area (Å²) in [5, 5.41) is 4.05. The Morgan fingerprint density at radius 3 is 2.85 bits per heavy atom. The van der Waals surface area contributed by atoms with Crippen molar-refractivity contribution in [3.63, 3.8) is 0 Å². The first-order valence-corrected chi connectivity index (χ1v) is 3.49. The maximum Gasteiger partial charge on any atom is 0.211 e. The highest BCUT2D eigenvalue weighted by atomic mass is 19.1. The minimum Gasteiger partial charge on any atom is -0.497 e. The summed E-state index contributed by atoms with van der Waals surface area (Å²) in [4.78, 5) is 0. The van der Waals surface area contributed by atoms with E-state index in [1.807, 2.05) is 0 Å². The van der Waals surface area contributed by atoms with Crippen molar-refractivity contribution in [2.24, 2.45) is 0 Å². The highest BCUT2D eigenvalue weighted by molar-refractivity contribution is 5.31. The van der Waals surface area contributed by atoms with Gasteiger partial charge in [0.25, 0.3) is 0 Å². The Hall–Kier alpha value is -1.09. The molecule has 0 aliphatic heterocycles. The number of ether oxygens (including phenoxy) is 1. The summed E-state index contributed by atoms with van der Waals surface area (Å²) in [7, 11) is 1.27. The number of aliphatic hydroxyl groups is 1. The zero-order valence-corrected chi connectivity index (χ0v) is 6.93. The molecule has 1 aromatic carbocycles. The molecule has 0 aliphatic carbocycles. The molecule has 1 rings (SSSR count).